The molecule has 7 nitrogen and oxygen atoms in total. The molecule has 0 saturated carbocycles. The second-order valence-electron chi connectivity index (χ2n) is 5.32. The van der Waals surface area contributed by atoms with Crippen molar-refractivity contribution in [2.24, 2.45) is 7.05 Å². The molecule has 0 saturated heterocycles. The van der Waals surface area contributed by atoms with Gasteiger partial charge in [-0.2, -0.15) is 5.10 Å². The lowest BCUT2D eigenvalue weighted by atomic mass is 9.83. The van der Waals surface area contributed by atoms with Crippen molar-refractivity contribution in [3.8, 4) is 0 Å². The Bertz CT molecular complexity index is 749. The maximum atomic E-state index is 12.2. The van der Waals surface area contributed by atoms with Crippen LogP contribution in [0, 0.1) is 0 Å². The number of rotatable bonds is 4. The summed E-state index contributed by atoms with van der Waals surface area (Å²) < 4.78 is 33.6. The minimum Gasteiger partial charge on any atom is -0.469 e. The van der Waals surface area contributed by atoms with E-state index in [1.807, 2.05) is 0 Å². The summed E-state index contributed by atoms with van der Waals surface area (Å²) in [5, 5.41) is 14.6. The molecule has 21 heavy (non-hydrogen) atoms. The monoisotopic (exact) mass is 311 g/mol. The van der Waals surface area contributed by atoms with Gasteiger partial charge >= 0.3 is 0 Å². The van der Waals surface area contributed by atoms with E-state index in [1.54, 1.807) is 13.1 Å². The van der Waals surface area contributed by atoms with Crippen LogP contribution < -0.4 is 4.72 Å². The standard InChI is InChI=1S/C13H17N3O4S/c1-16-8-10(7-14-16)21(18,19)15-9-13(17)5-2-3-12-11(13)4-6-20-12/h4,6-8,15,17H,2-3,5,9H2,1H3/t13-/m1/s1. The molecule has 0 unspecified atom stereocenters. The number of nitrogens with one attached hydrogen (secondary N) is 1. The Labute approximate surface area is 122 Å². The Morgan fingerprint density at radius 1 is 1.57 bits per heavy atom. The zero-order valence-corrected chi connectivity index (χ0v) is 12.4. The molecule has 0 fully saturated rings. The molecule has 0 aliphatic heterocycles. The summed E-state index contributed by atoms with van der Waals surface area (Å²) in [6, 6.07) is 1.70. The highest BCUT2D eigenvalue weighted by molar-refractivity contribution is 7.89. The number of hydrogen-bond acceptors (Lipinski definition) is 5. The molecular formula is C13H17N3O4S. The molecule has 2 aromatic rings. The number of hydrogen-bond donors (Lipinski definition) is 2. The molecule has 1 aliphatic carbocycles. The van der Waals surface area contributed by atoms with E-state index in [9.17, 15) is 13.5 Å². The largest absolute Gasteiger partial charge is 0.469 e. The molecule has 0 amide bonds. The van der Waals surface area contributed by atoms with Gasteiger partial charge in [0, 0.05) is 31.8 Å². The summed E-state index contributed by atoms with van der Waals surface area (Å²) in [6.07, 6.45) is 6.23. The van der Waals surface area contributed by atoms with Crippen molar-refractivity contribution in [3.05, 3.63) is 36.0 Å². The minimum absolute atomic E-state index is 0.0804. The van der Waals surface area contributed by atoms with Crippen molar-refractivity contribution in [1.82, 2.24) is 14.5 Å². The molecule has 8 heteroatoms. The van der Waals surface area contributed by atoms with Gasteiger partial charge in [0.25, 0.3) is 0 Å². The van der Waals surface area contributed by atoms with E-state index in [0.29, 0.717) is 12.0 Å². The van der Waals surface area contributed by atoms with Gasteiger partial charge in [-0.3, -0.25) is 4.68 Å². The number of furan rings is 1. The molecule has 3 rings (SSSR count). The highest BCUT2D eigenvalue weighted by Crippen LogP contribution is 2.35. The van der Waals surface area contributed by atoms with Crippen molar-refractivity contribution < 1.29 is 17.9 Å². The smallest absolute Gasteiger partial charge is 0.243 e. The van der Waals surface area contributed by atoms with Crippen molar-refractivity contribution >= 4 is 10.0 Å². The first-order chi connectivity index (χ1) is 9.91. The number of nitrogens with zero attached hydrogens (tertiary/aromatic N) is 2. The van der Waals surface area contributed by atoms with E-state index in [1.165, 1.54) is 23.3 Å². The summed E-state index contributed by atoms with van der Waals surface area (Å²) in [7, 11) is -2.04. The lowest BCUT2D eigenvalue weighted by Gasteiger charge is -2.31. The van der Waals surface area contributed by atoms with E-state index in [4.69, 9.17) is 4.42 Å². The van der Waals surface area contributed by atoms with Gasteiger partial charge in [-0.25, -0.2) is 13.1 Å². The summed E-state index contributed by atoms with van der Waals surface area (Å²) in [5.74, 6) is 0.726. The Morgan fingerprint density at radius 3 is 3.10 bits per heavy atom. The van der Waals surface area contributed by atoms with Gasteiger partial charge in [-0.15, -0.1) is 0 Å². The van der Waals surface area contributed by atoms with Crippen LogP contribution in [0.5, 0.6) is 0 Å². The van der Waals surface area contributed by atoms with E-state index >= 15 is 0 Å². The quantitative estimate of drug-likeness (QED) is 0.857. The summed E-state index contributed by atoms with van der Waals surface area (Å²) >= 11 is 0. The van der Waals surface area contributed by atoms with E-state index in [0.717, 1.165) is 18.6 Å². The molecule has 1 atom stereocenters. The Balaban J connectivity index is 1.79. The fraction of sp³-hybridized carbons (Fsp3) is 0.462. The Hall–Kier alpha value is -1.64. The van der Waals surface area contributed by atoms with E-state index in [2.05, 4.69) is 9.82 Å². The average molecular weight is 311 g/mol. The molecule has 2 heterocycles. The van der Waals surface area contributed by atoms with Crippen LogP contribution in [0.3, 0.4) is 0 Å². The number of fused-ring (bicyclic) bond motifs is 1. The lowest BCUT2D eigenvalue weighted by Crippen LogP contribution is -2.42. The van der Waals surface area contributed by atoms with Gasteiger partial charge in [-0.05, 0) is 18.9 Å². The lowest BCUT2D eigenvalue weighted by molar-refractivity contribution is 0.0221. The third kappa shape index (κ3) is 2.61. The van der Waals surface area contributed by atoms with Gasteiger partial charge < -0.3 is 9.52 Å². The number of aromatic nitrogens is 2. The first-order valence-electron chi connectivity index (χ1n) is 6.68. The van der Waals surface area contributed by atoms with E-state index < -0.39 is 15.6 Å². The highest BCUT2D eigenvalue weighted by Gasteiger charge is 2.37. The van der Waals surface area contributed by atoms with Crippen LogP contribution in [0.2, 0.25) is 0 Å². The summed E-state index contributed by atoms with van der Waals surface area (Å²) in [4.78, 5) is 0.0804. The fourth-order valence-corrected chi connectivity index (χ4v) is 3.72. The SMILES string of the molecule is Cn1cc(S(=O)(=O)NC[C@]2(O)CCCc3occc32)cn1. The van der Waals surface area contributed by atoms with Crippen LogP contribution in [-0.4, -0.2) is 29.8 Å². The van der Waals surface area contributed by atoms with Crippen molar-refractivity contribution in [2.45, 2.75) is 29.8 Å². The molecule has 0 bridgehead atoms. The van der Waals surface area contributed by atoms with Crippen molar-refractivity contribution in [2.75, 3.05) is 6.54 Å². The Kier molecular flexibility index (Phi) is 3.39. The third-order valence-electron chi connectivity index (χ3n) is 3.79. The zero-order chi connectivity index (χ0) is 15.1. The number of aliphatic hydroxyl groups is 1. The number of aryl methyl sites for hydroxylation is 2. The fourth-order valence-electron chi connectivity index (χ4n) is 2.64. The molecule has 0 aromatic carbocycles. The van der Waals surface area contributed by atoms with Crippen molar-refractivity contribution in [3.63, 3.8) is 0 Å². The highest BCUT2D eigenvalue weighted by atomic mass is 32.2. The maximum Gasteiger partial charge on any atom is 0.243 e. The topological polar surface area (TPSA) is 97.4 Å². The zero-order valence-electron chi connectivity index (χ0n) is 11.6. The van der Waals surface area contributed by atoms with Crippen LogP contribution in [0.4, 0.5) is 0 Å². The average Bonchev–Trinajstić information content (AvgIpc) is 3.06. The van der Waals surface area contributed by atoms with Gasteiger partial charge in [0.05, 0.1) is 12.5 Å². The predicted octanol–water partition coefficient (Wildman–Crippen LogP) is 0.515. The molecule has 2 N–H and O–H groups in total. The van der Waals surface area contributed by atoms with Crippen LogP contribution in [0.25, 0.3) is 0 Å². The summed E-state index contributed by atoms with van der Waals surface area (Å²) in [6.45, 7) is -0.0865. The second-order valence-corrected chi connectivity index (χ2v) is 7.08. The summed E-state index contributed by atoms with van der Waals surface area (Å²) in [5.41, 5.74) is -0.557. The Morgan fingerprint density at radius 2 is 2.38 bits per heavy atom. The van der Waals surface area contributed by atoms with Gasteiger partial charge in [0.15, 0.2) is 0 Å². The molecule has 0 radical (unpaired) electrons. The van der Waals surface area contributed by atoms with Gasteiger partial charge in [0.2, 0.25) is 10.0 Å². The van der Waals surface area contributed by atoms with E-state index in [-0.39, 0.29) is 11.4 Å². The molecule has 0 spiro atoms. The second kappa shape index (κ2) is 4.97. The molecular weight excluding hydrogens is 294 g/mol. The third-order valence-corrected chi connectivity index (χ3v) is 5.14. The predicted molar refractivity (Wildman–Crippen MR) is 73.9 cm³/mol. The van der Waals surface area contributed by atoms with Crippen LogP contribution in [0.1, 0.15) is 24.2 Å². The number of sulfonamides is 1. The first-order valence-corrected chi connectivity index (χ1v) is 8.17. The van der Waals surface area contributed by atoms with Crippen LogP contribution >= 0.6 is 0 Å². The maximum absolute atomic E-state index is 12.2. The first kappa shape index (κ1) is 14.3. The van der Waals surface area contributed by atoms with Crippen molar-refractivity contribution in [1.29, 1.82) is 0 Å². The molecule has 114 valence electrons. The van der Waals surface area contributed by atoms with Gasteiger partial charge in [-0.1, -0.05) is 0 Å². The van der Waals surface area contributed by atoms with Gasteiger partial charge in [0.1, 0.15) is 16.3 Å². The van der Waals surface area contributed by atoms with Crippen LogP contribution in [-0.2, 0) is 29.1 Å². The minimum atomic E-state index is -3.69. The molecule has 2 aromatic heterocycles. The normalized spacial score (nSPS) is 22.2. The molecule has 1 aliphatic rings. The van der Waals surface area contributed by atoms with Crippen LogP contribution in [0.15, 0.2) is 34.0 Å².